The maximum absolute atomic E-state index is 10.7. The number of aromatic nitrogens is 2. The molecule has 1 N–H and O–H groups in total. The molecule has 7 heteroatoms. The predicted octanol–water partition coefficient (Wildman–Crippen LogP) is 1.18. The van der Waals surface area contributed by atoms with E-state index in [4.69, 9.17) is 6.42 Å². The van der Waals surface area contributed by atoms with Gasteiger partial charge in [0, 0.05) is 6.07 Å². The van der Waals surface area contributed by atoms with Crippen molar-refractivity contribution >= 4 is 22.4 Å². The lowest BCUT2D eigenvalue weighted by Gasteiger charge is -2.01. The Bertz CT molecular complexity index is 584. The van der Waals surface area contributed by atoms with Crippen molar-refractivity contribution in [2.24, 2.45) is 0 Å². The van der Waals surface area contributed by atoms with Crippen LogP contribution < -0.4 is 5.32 Å². The molecular formula is C9H6N4O3. The summed E-state index contributed by atoms with van der Waals surface area (Å²) in [5.74, 6) is 2.39. The summed E-state index contributed by atoms with van der Waals surface area (Å²) in [6.07, 6.45) is 5.09. The number of nitrogens with zero attached hydrogens (tertiary/aromatic N) is 3. The lowest BCUT2D eigenvalue weighted by Crippen LogP contribution is -2.00. The van der Waals surface area contributed by atoms with Crippen molar-refractivity contribution in [1.29, 1.82) is 0 Å². The van der Waals surface area contributed by atoms with Gasteiger partial charge >= 0.3 is 5.69 Å². The molecule has 80 valence electrons. The molecule has 2 rings (SSSR count). The molecule has 1 aromatic carbocycles. The first-order valence-corrected chi connectivity index (χ1v) is 4.31. The molecule has 0 aliphatic heterocycles. The molecule has 1 heterocycles. The number of nitro benzene ring substituents is 1. The Kier molecular flexibility index (Phi) is 2.39. The lowest BCUT2D eigenvalue weighted by molar-refractivity contribution is -0.383. The van der Waals surface area contributed by atoms with Crippen molar-refractivity contribution in [3.63, 3.8) is 0 Å². The van der Waals surface area contributed by atoms with Crippen LogP contribution in [0.2, 0.25) is 0 Å². The van der Waals surface area contributed by atoms with Crippen LogP contribution in [0.3, 0.4) is 0 Å². The number of nitro groups is 1. The number of fused-ring (bicyclic) bond motifs is 1. The molecule has 0 saturated heterocycles. The fourth-order valence-corrected chi connectivity index (χ4v) is 1.29. The third-order valence-electron chi connectivity index (χ3n) is 1.97. The molecule has 0 radical (unpaired) electrons. The van der Waals surface area contributed by atoms with Crippen molar-refractivity contribution in [2.75, 3.05) is 11.9 Å². The van der Waals surface area contributed by atoms with E-state index in [1.54, 1.807) is 0 Å². The number of hydrogen-bond acceptors (Lipinski definition) is 6. The summed E-state index contributed by atoms with van der Waals surface area (Å²) in [4.78, 5) is 10.1. The van der Waals surface area contributed by atoms with Gasteiger partial charge in [-0.3, -0.25) is 10.1 Å². The molecule has 0 fully saturated rings. The molecule has 0 aliphatic carbocycles. The predicted molar refractivity (Wildman–Crippen MR) is 55.8 cm³/mol. The average molecular weight is 218 g/mol. The van der Waals surface area contributed by atoms with E-state index in [9.17, 15) is 10.1 Å². The van der Waals surface area contributed by atoms with E-state index in [0.29, 0.717) is 17.7 Å². The minimum Gasteiger partial charge on any atom is -0.372 e. The zero-order valence-electron chi connectivity index (χ0n) is 8.01. The fraction of sp³-hybridized carbons (Fsp3) is 0.111. The van der Waals surface area contributed by atoms with Crippen LogP contribution in [0.25, 0.3) is 11.0 Å². The summed E-state index contributed by atoms with van der Waals surface area (Å²) >= 11 is 0. The van der Waals surface area contributed by atoms with Crippen molar-refractivity contribution < 1.29 is 9.55 Å². The molecule has 0 atom stereocenters. The van der Waals surface area contributed by atoms with E-state index in [1.807, 2.05) is 0 Å². The summed E-state index contributed by atoms with van der Waals surface area (Å²) in [5, 5.41) is 20.6. The molecule has 0 amide bonds. The zero-order chi connectivity index (χ0) is 11.5. The first-order chi connectivity index (χ1) is 7.74. The molecule has 16 heavy (non-hydrogen) atoms. The second kappa shape index (κ2) is 3.86. The van der Waals surface area contributed by atoms with Crippen LogP contribution in [0.4, 0.5) is 11.4 Å². The van der Waals surface area contributed by atoms with E-state index in [2.05, 4.69) is 26.2 Å². The summed E-state index contributed by atoms with van der Waals surface area (Å²) in [6, 6.07) is 2.84. The molecule has 0 spiro atoms. The maximum atomic E-state index is 10.7. The van der Waals surface area contributed by atoms with Gasteiger partial charge in [0.25, 0.3) is 0 Å². The standard InChI is InChI=1S/C9H6N4O3/c1-2-5-10-6-3-4-7(13(14)15)9-8(6)11-16-12-9/h1,3-4,10H,5H2. The fourth-order valence-electron chi connectivity index (χ4n) is 1.29. The van der Waals surface area contributed by atoms with E-state index in [-0.39, 0.29) is 11.2 Å². The van der Waals surface area contributed by atoms with Crippen LogP contribution in [0.15, 0.2) is 16.8 Å². The molecule has 0 unspecified atom stereocenters. The van der Waals surface area contributed by atoms with Crippen LogP contribution in [0.5, 0.6) is 0 Å². The van der Waals surface area contributed by atoms with Crippen molar-refractivity contribution in [2.45, 2.75) is 0 Å². The van der Waals surface area contributed by atoms with Crippen LogP contribution >= 0.6 is 0 Å². The molecule has 0 aliphatic rings. The third-order valence-corrected chi connectivity index (χ3v) is 1.97. The van der Waals surface area contributed by atoms with Gasteiger partial charge < -0.3 is 5.32 Å². The lowest BCUT2D eigenvalue weighted by atomic mass is 10.2. The van der Waals surface area contributed by atoms with Gasteiger partial charge in [0.2, 0.25) is 5.52 Å². The van der Waals surface area contributed by atoms with Crippen LogP contribution in [0.1, 0.15) is 0 Å². The number of nitrogens with one attached hydrogen (secondary N) is 1. The summed E-state index contributed by atoms with van der Waals surface area (Å²) in [5.41, 5.74) is 0.804. The Labute approximate surface area is 89.5 Å². The Hall–Kier alpha value is -2.62. The molecule has 0 saturated carbocycles. The topological polar surface area (TPSA) is 94.1 Å². The molecule has 7 nitrogen and oxygen atoms in total. The number of terminal acetylenes is 1. The third kappa shape index (κ3) is 1.52. The molecule has 1 aromatic heterocycles. The Morgan fingerprint density at radius 3 is 2.94 bits per heavy atom. The van der Waals surface area contributed by atoms with Gasteiger partial charge in [0.05, 0.1) is 17.2 Å². The first kappa shape index (κ1) is 9.92. The summed E-state index contributed by atoms with van der Waals surface area (Å²) in [7, 11) is 0. The van der Waals surface area contributed by atoms with E-state index >= 15 is 0 Å². The number of anilines is 1. The minimum atomic E-state index is -0.544. The Balaban J connectivity index is 2.55. The second-order valence-electron chi connectivity index (χ2n) is 2.91. The van der Waals surface area contributed by atoms with Crippen LogP contribution in [-0.4, -0.2) is 21.8 Å². The Morgan fingerprint density at radius 1 is 1.50 bits per heavy atom. The van der Waals surface area contributed by atoms with E-state index in [0.717, 1.165) is 0 Å². The quantitative estimate of drug-likeness (QED) is 0.472. The molecule has 0 bridgehead atoms. The summed E-state index contributed by atoms with van der Waals surface area (Å²) < 4.78 is 4.48. The Morgan fingerprint density at radius 2 is 2.25 bits per heavy atom. The monoisotopic (exact) mass is 218 g/mol. The van der Waals surface area contributed by atoms with Crippen molar-refractivity contribution in [3.8, 4) is 12.3 Å². The smallest absolute Gasteiger partial charge is 0.300 e. The molecule has 2 aromatic rings. The van der Waals surface area contributed by atoms with Crippen LogP contribution in [-0.2, 0) is 0 Å². The van der Waals surface area contributed by atoms with E-state index in [1.165, 1.54) is 12.1 Å². The maximum Gasteiger partial charge on any atom is 0.300 e. The SMILES string of the molecule is C#CCNc1ccc([N+](=O)[O-])c2nonc12. The summed E-state index contributed by atoms with van der Waals surface area (Å²) in [6.45, 7) is 0.291. The van der Waals surface area contributed by atoms with Crippen molar-refractivity contribution in [1.82, 2.24) is 10.3 Å². The van der Waals surface area contributed by atoms with Gasteiger partial charge in [0.15, 0.2) is 5.52 Å². The first-order valence-electron chi connectivity index (χ1n) is 4.31. The zero-order valence-corrected chi connectivity index (χ0v) is 8.01. The van der Waals surface area contributed by atoms with Crippen LogP contribution in [0, 0.1) is 22.5 Å². The van der Waals surface area contributed by atoms with Gasteiger partial charge in [-0.05, 0) is 16.4 Å². The number of benzene rings is 1. The average Bonchev–Trinajstić information content (AvgIpc) is 2.74. The highest BCUT2D eigenvalue weighted by Gasteiger charge is 2.18. The highest BCUT2D eigenvalue weighted by molar-refractivity contribution is 5.93. The normalized spacial score (nSPS) is 9.94. The van der Waals surface area contributed by atoms with Gasteiger partial charge in [-0.2, -0.15) is 0 Å². The van der Waals surface area contributed by atoms with Gasteiger partial charge in [-0.1, -0.05) is 5.92 Å². The van der Waals surface area contributed by atoms with Gasteiger partial charge in [-0.25, -0.2) is 4.63 Å². The largest absolute Gasteiger partial charge is 0.372 e. The highest BCUT2D eigenvalue weighted by Crippen LogP contribution is 2.28. The van der Waals surface area contributed by atoms with Gasteiger partial charge in [-0.15, -0.1) is 6.42 Å². The number of non-ortho nitro benzene ring substituents is 1. The van der Waals surface area contributed by atoms with Crippen molar-refractivity contribution in [3.05, 3.63) is 22.2 Å². The second-order valence-corrected chi connectivity index (χ2v) is 2.91. The number of hydrogen-bond donors (Lipinski definition) is 1. The van der Waals surface area contributed by atoms with E-state index < -0.39 is 4.92 Å². The van der Waals surface area contributed by atoms with Gasteiger partial charge in [0.1, 0.15) is 0 Å². The minimum absolute atomic E-state index is 0.104. The molecular weight excluding hydrogens is 212 g/mol. The number of rotatable bonds is 3. The highest BCUT2D eigenvalue weighted by atomic mass is 16.6.